The first-order valence-electron chi connectivity index (χ1n) is 11.8. The second kappa shape index (κ2) is 8.82. The van der Waals surface area contributed by atoms with Crippen LogP contribution in [0.3, 0.4) is 0 Å². The van der Waals surface area contributed by atoms with Gasteiger partial charge in [0, 0.05) is 23.9 Å². The molecule has 5 rings (SSSR count). The van der Waals surface area contributed by atoms with Crippen LogP contribution < -0.4 is 0 Å². The molecule has 1 aliphatic carbocycles. The predicted molar refractivity (Wildman–Crippen MR) is 132 cm³/mol. The molecule has 33 heavy (non-hydrogen) atoms. The molecule has 0 radical (unpaired) electrons. The van der Waals surface area contributed by atoms with Crippen LogP contribution in [0.4, 0.5) is 0 Å². The lowest BCUT2D eigenvalue weighted by Crippen LogP contribution is -2.30. The number of amides is 1. The summed E-state index contributed by atoms with van der Waals surface area (Å²) in [5, 5.41) is 0. The highest BCUT2D eigenvalue weighted by atomic mass is 16.2. The highest BCUT2D eigenvalue weighted by Gasteiger charge is 2.50. The molecule has 0 spiro atoms. The summed E-state index contributed by atoms with van der Waals surface area (Å²) in [6.45, 7) is 4.40. The van der Waals surface area contributed by atoms with E-state index in [0.29, 0.717) is 18.0 Å². The van der Waals surface area contributed by atoms with Crippen molar-refractivity contribution in [1.29, 1.82) is 0 Å². The van der Waals surface area contributed by atoms with E-state index in [1.165, 1.54) is 5.56 Å². The summed E-state index contributed by atoms with van der Waals surface area (Å²) in [6, 6.07) is 26.5. The van der Waals surface area contributed by atoms with Crippen molar-refractivity contribution >= 4 is 11.7 Å². The highest BCUT2D eigenvalue weighted by molar-refractivity contribution is 5.94. The number of fused-ring (bicyclic) bond motifs is 1. The largest absolute Gasteiger partial charge is 0.330 e. The lowest BCUT2D eigenvalue weighted by Gasteiger charge is -2.31. The summed E-state index contributed by atoms with van der Waals surface area (Å²) in [5.74, 6) is 0.819. The predicted octanol–water partition coefficient (Wildman–Crippen LogP) is 6.47. The normalized spacial score (nSPS) is 24.1. The third kappa shape index (κ3) is 3.93. The SMILES string of the molecule is CC(=O)c1ccc(-c2ccccc2[C@H]2[C@H]3C=CC[C@@H](C)[C@@H]3C(=O)N2Cc2ccccc2)cc1. The summed E-state index contributed by atoms with van der Waals surface area (Å²) in [6.07, 6.45) is 5.48. The lowest BCUT2D eigenvalue weighted by molar-refractivity contribution is -0.134. The van der Waals surface area contributed by atoms with Gasteiger partial charge in [-0.1, -0.05) is 97.9 Å². The van der Waals surface area contributed by atoms with Gasteiger partial charge in [-0.25, -0.2) is 0 Å². The fourth-order valence-corrected chi connectivity index (χ4v) is 5.58. The number of carbonyl (C=O) groups is 2. The second-order valence-electron chi connectivity index (χ2n) is 9.36. The number of rotatable bonds is 5. The van der Waals surface area contributed by atoms with E-state index in [1.807, 2.05) is 48.5 Å². The van der Waals surface area contributed by atoms with Gasteiger partial charge in [0.1, 0.15) is 0 Å². The minimum absolute atomic E-state index is 0.0110. The second-order valence-corrected chi connectivity index (χ2v) is 9.36. The van der Waals surface area contributed by atoms with E-state index in [1.54, 1.807) is 6.92 Å². The third-order valence-electron chi connectivity index (χ3n) is 7.24. The molecule has 1 aliphatic heterocycles. The van der Waals surface area contributed by atoms with Crippen molar-refractivity contribution in [2.24, 2.45) is 17.8 Å². The van der Waals surface area contributed by atoms with E-state index in [0.717, 1.165) is 23.1 Å². The van der Waals surface area contributed by atoms with Crippen molar-refractivity contribution in [3.63, 3.8) is 0 Å². The van der Waals surface area contributed by atoms with Crippen LogP contribution in [0.1, 0.15) is 47.8 Å². The smallest absolute Gasteiger partial charge is 0.227 e. The quantitative estimate of drug-likeness (QED) is 0.340. The summed E-state index contributed by atoms with van der Waals surface area (Å²) in [7, 11) is 0. The van der Waals surface area contributed by atoms with Gasteiger partial charge >= 0.3 is 0 Å². The summed E-state index contributed by atoms with van der Waals surface area (Å²) in [4.78, 5) is 27.6. The number of carbonyl (C=O) groups excluding carboxylic acids is 2. The number of likely N-dealkylation sites (tertiary alicyclic amines) is 1. The summed E-state index contributed by atoms with van der Waals surface area (Å²) < 4.78 is 0. The zero-order chi connectivity index (χ0) is 22.9. The number of benzene rings is 3. The van der Waals surface area contributed by atoms with Crippen LogP contribution in [-0.2, 0) is 11.3 Å². The Labute approximate surface area is 195 Å². The van der Waals surface area contributed by atoms with Gasteiger partial charge in [-0.15, -0.1) is 0 Å². The van der Waals surface area contributed by atoms with E-state index in [-0.39, 0.29) is 29.6 Å². The Morgan fingerprint density at radius 3 is 2.36 bits per heavy atom. The first-order chi connectivity index (χ1) is 16.0. The van der Waals surface area contributed by atoms with Gasteiger partial charge < -0.3 is 4.90 Å². The molecular weight excluding hydrogens is 406 g/mol. The van der Waals surface area contributed by atoms with Crippen LogP contribution in [0.5, 0.6) is 0 Å². The molecule has 4 atom stereocenters. The Balaban J connectivity index is 1.61. The molecule has 0 aromatic heterocycles. The van der Waals surface area contributed by atoms with Crippen LogP contribution in [0.15, 0.2) is 91.0 Å². The van der Waals surface area contributed by atoms with Crippen LogP contribution in [0, 0.1) is 17.8 Å². The zero-order valence-corrected chi connectivity index (χ0v) is 19.1. The van der Waals surface area contributed by atoms with Gasteiger partial charge in [0.05, 0.1) is 6.04 Å². The molecule has 166 valence electrons. The van der Waals surface area contributed by atoms with Gasteiger partial charge in [0.15, 0.2) is 5.78 Å². The van der Waals surface area contributed by atoms with Gasteiger partial charge in [-0.2, -0.15) is 0 Å². The van der Waals surface area contributed by atoms with E-state index in [2.05, 4.69) is 54.3 Å². The minimum Gasteiger partial charge on any atom is -0.330 e. The summed E-state index contributed by atoms with van der Waals surface area (Å²) >= 11 is 0. The maximum Gasteiger partial charge on any atom is 0.227 e. The Morgan fingerprint density at radius 1 is 0.939 bits per heavy atom. The Hall–Kier alpha value is -3.46. The van der Waals surface area contributed by atoms with Crippen LogP contribution in [0.2, 0.25) is 0 Å². The van der Waals surface area contributed by atoms with E-state index in [9.17, 15) is 9.59 Å². The zero-order valence-electron chi connectivity index (χ0n) is 19.1. The molecule has 1 saturated heterocycles. The average Bonchev–Trinajstić information content (AvgIpc) is 3.12. The van der Waals surface area contributed by atoms with Gasteiger partial charge in [0.25, 0.3) is 0 Å². The number of Topliss-reactive ketones (excluding diaryl/α,β-unsaturated/α-hetero) is 1. The number of ketones is 1. The first-order valence-corrected chi connectivity index (χ1v) is 11.8. The molecule has 1 fully saturated rings. The highest BCUT2D eigenvalue weighted by Crippen LogP contribution is 2.50. The van der Waals surface area contributed by atoms with Gasteiger partial charge in [-0.3, -0.25) is 9.59 Å². The molecular formula is C30H29NO2. The number of nitrogens with zero attached hydrogens (tertiary/aromatic N) is 1. The minimum atomic E-state index is -0.0228. The lowest BCUT2D eigenvalue weighted by atomic mass is 9.74. The molecule has 3 heteroatoms. The average molecular weight is 436 g/mol. The topological polar surface area (TPSA) is 37.4 Å². The molecule has 0 N–H and O–H groups in total. The molecule has 0 saturated carbocycles. The van der Waals surface area contributed by atoms with Crippen molar-refractivity contribution in [2.45, 2.75) is 32.9 Å². The number of allylic oxidation sites excluding steroid dienone is 1. The fourth-order valence-electron chi connectivity index (χ4n) is 5.58. The maximum atomic E-state index is 13.8. The van der Waals surface area contributed by atoms with Crippen LogP contribution >= 0.6 is 0 Å². The number of hydrogen-bond donors (Lipinski definition) is 0. The Bertz CT molecular complexity index is 1200. The van der Waals surface area contributed by atoms with Crippen molar-refractivity contribution in [1.82, 2.24) is 4.90 Å². The van der Waals surface area contributed by atoms with E-state index < -0.39 is 0 Å². The molecule has 3 aromatic carbocycles. The molecule has 0 unspecified atom stereocenters. The van der Waals surface area contributed by atoms with E-state index in [4.69, 9.17) is 0 Å². The maximum absolute atomic E-state index is 13.8. The molecule has 1 amide bonds. The van der Waals surface area contributed by atoms with Gasteiger partial charge in [0.2, 0.25) is 5.91 Å². The molecule has 0 bridgehead atoms. The molecule has 3 aromatic rings. The third-order valence-corrected chi connectivity index (χ3v) is 7.24. The summed E-state index contributed by atoms with van der Waals surface area (Å²) in [5.41, 5.74) is 5.22. The number of hydrogen-bond acceptors (Lipinski definition) is 2. The van der Waals surface area contributed by atoms with E-state index >= 15 is 0 Å². The molecule has 3 nitrogen and oxygen atoms in total. The Kier molecular flexibility index (Phi) is 5.72. The monoisotopic (exact) mass is 435 g/mol. The van der Waals surface area contributed by atoms with Crippen LogP contribution in [0.25, 0.3) is 11.1 Å². The van der Waals surface area contributed by atoms with Crippen molar-refractivity contribution in [2.75, 3.05) is 0 Å². The van der Waals surface area contributed by atoms with Crippen molar-refractivity contribution in [3.8, 4) is 11.1 Å². The fraction of sp³-hybridized carbons (Fsp3) is 0.267. The Morgan fingerprint density at radius 2 is 1.64 bits per heavy atom. The van der Waals surface area contributed by atoms with Gasteiger partial charge in [-0.05, 0) is 41.5 Å². The standard InChI is InChI=1S/C30H29NO2/c1-20-9-8-14-27-28(20)30(33)31(19-22-10-4-3-5-11-22)29(27)26-13-7-6-12-25(26)24-17-15-23(16-18-24)21(2)32/h3-8,10-18,20,27-29H,9,19H2,1-2H3/t20-,27+,28+,29+/m1/s1. The first kappa shape index (κ1) is 21.4. The van der Waals surface area contributed by atoms with Crippen LogP contribution in [-0.4, -0.2) is 16.6 Å². The van der Waals surface area contributed by atoms with Crippen molar-refractivity contribution in [3.05, 3.63) is 108 Å². The molecule has 1 heterocycles. The molecule has 2 aliphatic rings. The van der Waals surface area contributed by atoms with Crippen molar-refractivity contribution < 1.29 is 9.59 Å².